The van der Waals surface area contributed by atoms with Crippen LogP contribution in [0.5, 0.6) is 0 Å². The summed E-state index contributed by atoms with van der Waals surface area (Å²) in [5, 5.41) is 3.54. The number of benzene rings is 1. The topological polar surface area (TPSA) is 45.5 Å². The predicted octanol–water partition coefficient (Wildman–Crippen LogP) is 3.43. The third-order valence-electron chi connectivity index (χ3n) is 6.04. The first-order valence-corrected chi connectivity index (χ1v) is 9.18. The number of imidazole rings is 1. The minimum Gasteiger partial charge on any atom is -0.356 e. The van der Waals surface area contributed by atoms with E-state index in [1.54, 1.807) is 0 Å². The highest BCUT2D eigenvalue weighted by atomic mass is 15.4. The molecule has 2 aromatic rings. The Morgan fingerprint density at radius 2 is 1.96 bits per heavy atom. The van der Waals surface area contributed by atoms with Gasteiger partial charge in [-0.3, -0.25) is 4.99 Å². The van der Waals surface area contributed by atoms with Crippen LogP contribution in [-0.4, -0.2) is 46.1 Å². The molecular formula is C20H31N5. The molecule has 0 bridgehead atoms. The number of para-hydroxylation sites is 2. The van der Waals surface area contributed by atoms with Gasteiger partial charge in [-0.2, -0.15) is 0 Å². The Kier molecular flexibility index (Phi) is 4.52. The van der Waals surface area contributed by atoms with Crippen molar-refractivity contribution in [2.75, 3.05) is 20.1 Å². The number of nitrogens with zero attached hydrogens (tertiary/aromatic N) is 4. The molecule has 0 aliphatic carbocycles. The molecule has 5 nitrogen and oxygen atoms in total. The predicted molar refractivity (Wildman–Crippen MR) is 105 cm³/mol. The van der Waals surface area contributed by atoms with Gasteiger partial charge >= 0.3 is 0 Å². The van der Waals surface area contributed by atoms with Gasteiger partial charge in [0.2, 0.25) is 0 Å². The van der Waals surface area contributed by atoms with Crippen molar-refractivity contribution in [1.29, 1.82) is 0 Å². The van der Waals surface area contributed by atoms with Crippen molar-refractivity contribution < 1.29 is 0 Å². The van der Waals surface area contributed by atoms with Crippen LogP contribution in [0, 0.1) is 12.3 Å². The molecule has 1 aromatic heterocycles. The van der Waals surface area contributed by atoms with Crippen LogP contribution >= 0.6 is 0 Å². The summed E-state index contributed by atoms with van der Waals surface area (Å²) in [5.41, 5.74) is 2.74. The Labute approximate surface area is 151 Å². The summed E-state index contributed by atoms with van der Waals surface area (Å²) < 4.78 is 2.30. The molecule has 1 aliphatic heterocycles. The van der Waals surface area contributed by atoms with E-state index in [0.717, 1.165) is 43.4 Å². The van der Waals surface area contributed by atoms with Gasteiger partial charge in [-0.15, -0.1) is 0 Å². The largest absolute Gasteiger partial charge is 0.356 e. The average molecular weight is 342 g/mol. The van der Waals surface area contributed by atoms with Crippen molar-refractivity contribution in [3.05, 3.63) is 30.1 Å². The summed E-state index contributed by atoms with van der Waals surface area (Å²) in [5.74, 6) is 2.09. The average Bonchev–Trinajstić information content (AvgIpc) is 2.89. The number of hydrogen-bond donors (Lipinski definition) is 1. The highest BCUT2D eigenvalue weighted by Crippen LogP contribution is 2.46. The third-order valence-corrected chi connectivity index (χ3v) is 6.04. The molecule has 0 radical (unpaired) electrons. The Bertz CT molecular complexity index is 784. The fourth-order valence-electron chi connectivity index (χ4n) is 3.61. The molecule has 25 heavy (non-hydrogen) atoms. The molecule has 1 N–H and O–H groups in total. The summed E-state index contributed by atoms with van der Waals surface area (Å²) in [7, 11) is 1.87. The highest BCUT2D eigenvalue weighted by Gasteiger charge is 2.53. The Hall–Kier alpha value is -2.04. The summed E-state index contributed by atoms with van der Waals surface area (Å²) in [4.78, 5) is 11.5. The van der Waals surface area contributed by atoms with Gasteiger partial charge < -0.3 is 14.8 Å². The van der Waals surface area contributed by atoms with Crippen molar-refractivity contribution in [2.24, 2.45) is 10.4 Å². The van der Waals surface area contributed by atoms with Crippen molar-refractivity contribution in [1.82, 2.24) is 19.8 Å². The lowest BCUT2D eigenvalue weighted by atomic mass is 9.65. The molecule has 136 valence electrons. The Morgan fingerprint density at radius 1 is 1.24 bits per heavy atom. The molecule has 0 amide bonds. The molecule has 5 heteroatoms. The van der Waals surface area contributed by atoms with E-state index in [2.05, 4.69) is 77.6 Å². The zero-order chi connectivity index (χ0) is 18.2. The maximum atomic E-state index is 4.64. The van der Waals surface area contributed by atoms with E-state index in [4.69, 9.17) is 0 Å². The van der Waals surface area contributed by atoms with Crippen LogP contribution < -0.4 is 5.32 Å². The minimum absolute atomic E-state index is 0.131. The second-order valence-corrected chi connectivity index (χ2v) is 8.16. The molecular weight excluding hydrogens is 310 g/mol. The van der Waals surface area contributed by atoms with Gasteiger partial charge in [0.05, 0.1) is 11.0 Å². The standard InChI is InChI=1S/C20H31N5/c1-15-23-16-10-7-8-11-17(16)24(15)13-9-12-22-18(21-6)25-14-19(2,3)20(25,4)5/h7-8,10-11H,9,12-14H2,1-6H3,(H,21,22). The van der Waals surface area contributed by atoms with Crippen molar-refractivity contribution in [2.45, 2.75) is 53.1 Å². The van der Waals surface area contributed by atoms with Gasteiger partial charge in [-0.25, -0.2) is 4.98 Å². The van der Waals surface area contributed by atoms with E-state index in [1.807, 2.05) is 13.1 Å². The van der Waals surface area contributed by atoms with Crippen LogP contribution in [0.3, 0.4) is 0 Å². The first-order valence-electron chi connectivity index (χ1n) is 9.18. The van der Waals surface area contributed by atoms with Crippen LogP contribution in [0.4, 0.5) is 0 Å². The number of aliphatic imine (C=N–C) groups is 1. The van der Waals surface area contributed by atoms with Gasteiger partial charge in [0.1, 0.15) is 5.82 Å². The molecule has 3 rings (SSSR count). The first kappa shape index (κ1) is 17.8. The number of fused-ring (bicyclic) bond motifs is 1. The van der Waals surface area contributed by atoms with Crippen molar-refractivity contribution >= 4 is 17.0 Å². The van der Waals surface area contributed by atoms with Crippen LogP contribution in [0.15, 0.2) is 29.3 Å². The number of nitrogens with one attached hydrogen (secondary N) is 1. The Morgan fingerprint density at radius 3 is 2.60 bits per heavy atom. The lowest BCUT2D eigenvalue weighted by Gasteiger charge is -2.62. The molecule has 1 saturated heterocycles. The SMILES string of the molecule is CN=C(NCCCn1c(C)nc2ccccc21)N1CC(C)(C)C1(C)C. The van der Waals surface area contributed by atoms with Gasteiger partial charge in [0.25, 0.3) is 0 Å². The molecule has 1 aliphatic rings. The monoisotopic (exact) mass is 341 g/mol. The molecule has 0 spiro atoms. The quantitative estimate of drug-likeness (QED) is 0.526. The number of rotatable bonds is 4. The normalized spacial score (nSPS) is 19.1. The molecule has 1 fully saturated rings. The second-order valence-electron chi connectivity index (χ2n) is 8.16. The van der Waals surface area contributed by atoms with Crippen LogP contribution in [0.1, 0.15) is 39.9 Å². The van der Waals surface area contributed by atoms with Gasteiger partial charge in [-0.1, -0.05) is 26.0 Å². The Balaban J connectivity index is 1.57. The molecule has 0 atom stereocenters. The van der Waals surface area contributed by atoms with Crippen LogP contribution in [0.25, 0.3) is 11.0 Å². The lowest BCUT2D eigenvalue weighted by Crippen LogP contribution is -2.72. The summed E-state index contributed by atoms with van der Waals surface area (Å²) in [6.07, 6.45) is 1.04. The highest BCUT2D eigenvalue weighted by molar-refractivity contribution is 5.82. The fourth-order valence-corrected chi connectivity index (χ4v) is 3.61. The van der Waals surface area contributed by atoms with Crippen LogP contribution in [0.2, 0.25) is 0 Å². The first-order chi connectivity index (χ1) is 11.8. The van der Waals surface area contributed by atoms with E-state index >= 15 is 0 Å². The minimum atomic E-state index is 0.131. The summed E-state index contributed by atoms with van der Waals surface area (Å²) >= 11 is 0. The molecule has 2 heterocycles. The second kappa shape index (κ2) is 6.36. The number of aryl methyl sites for hydroxylation is 2. The van der Waals surface area contributed by atoms with Gasteiger partial charge in [0, 0.05) is 37.6 Å². The number of hydrogen-bond acceptors (Lipinski definition) is 2. The molecule has 0 unspecified atom stereocenters. The summed E-state index contributed by atoms with van der Waals surface area (Å²) in [6.45, 7) is 14.2. The van der Waals surface area contributed by atoms with E-state index in [-0.39, 0.29) is 5.54 Å². The molecule has 1 aromatic carbocycles. The third kappa shape index (κ3) is 3.00. The van der Waals surface area contributed by atoms with Gasteiger partial charge in [-0.05, 0) is 39.3 Å². The van der Waals surface area contributed by atoms with Gasteiger partial charge in [0.15, 0.2) is 5.96 Å². The van der Waals surface area contributed by atoms with E-state index in [0.29, 0.717) is 5.41 Å². The number of guanidine groups is 1. The van der Waals surface area contributed by atoms with Crippen molar-refractivity contribution in [3.63, 3.8) is 0 Å². The fraction of sp³-hybridized carbons (Fsp3) is 0.600. The lowest BCUT2D eigenvalue weighted by molar-refractivity contribution is -0.0667. The zero-order valence-electron chi connectivity index (χ0n) is 16.4. The molecule has 0 saturated carbocycles. The summed E-state index contributed by atoms with van der Waals surface area (Å²) in [6, 6.07) is 8.34. The number of likely N-dealkylation sites (tertiary alicyclic amines) is 1. The van der Waals surface area contributed by atoms with E-state index in [9.17, 15) is 0 Å². The zero-order valence-corrected chi connectivity index (χ0v) is 16.4. The van der Waals surface area contributed by atoms with Crippen LogP contribution in [-0.2, 0) is 6.54 Å². The van der Waals surface area contributed by atoms with E-state index in [1.165, 1.54) is 5.52 Å². The maximum absolute atomic E-state index is 4.64. The number of aromatic nitrogens is 2. The van der Waals surface area contributed by atoms with E-state index < -0.39 is 0 Å². The smallest absolute Gasteiger partial charge is 0.194 e. The maximum Gasteiger partial charge on any atom is 0.194 e. The van der Waals surface area contributed by atoms with Crippen molar-refractivity contribution in [3.8, 4) is 0 Å².